The van der Waals surface area contributed by atoms with Crippen molar-refractivity contribution in [2.75, 3.05) is 13.2 Å². The Morgan fingerprint density at radius 1 is 1.18 bits per heavy atom. The van der Waals surface area contributed by atoms with Crippen LogP contribution in [0.5, 0.6) is 0 Å². The fourth-order valence-electron chi connectivity index (χ4n) is 2.27. The summed E-state index contributed by atoms with van der Waals surface area (Å²) in [6.45, 7) is 13.5. The minimum atomic E-state index is 0.228. The summed E-state index contributed by atoms with van der Waals surface area (Å²) in [6.07, 6.45) is 6.93. The van der Waals surface area contributed by atoms with E-state index in [4.69, 9.17) is 4.74 Å². The van der Waals surface area contributed by atoms with Crippen LogP contribution >= 0.6 is 0 Å². The van der Waals surface area contributed by atoms with Crippen molar-refractivity contribution < 1.29 is 4.74 Å². The molecule has 0 aliphatic carbocycles. The van der Waals surface area contributed by atoms with E-state index in [9.17, 15) is 0 Å². The first-order valence-electron chi connectivity index (χ1n) is 7.15. The zero-order chi connectivity index (χ0) is 12.9. The second-order valence-electron chi connectivity index (χ2n) is 7.30. The highest BCUT2D eigenvalue weighted by Crippen LogP contribution is 2.26. The van der Waals surface area contributed by atoms with Gasteiger partial charge in [0.1, 0.15) is 0 Å². The maximum Gasteiger partial charge on any atom is 0.0576 e. The SMILES string of the molecule is CC(C)(CCCC1CCCO1)CNC(C)(C)C. The van der Waals surface area contributed by atoms with Gasteiger partial charge in [0.2, 0.25) is 0 Å². The highest BCUT2D eigenvalue weighted by Gasteiger charge is 2.22. The first-order valence-corrected chi connectivity index (χ1v) is 7.15. The number of hydrogen-bond acceptors (Lipinski definition) is 2. The summed E-state index contributed by atoms with van der Waals surface area (Å²) in [4.78, 5) is 0. The number of rotatable bonds is 6. The fourth-order valence-corrected chi connectivity index (χ4v) is 2.27. The van der Waals surface area contributed by atoms with Crippen molar-refractivity contribution in [3.63, 3.8) is 0 Å². The topological polar surface area (TPSA) is 21.3 Å². The molecule has 17 heavy (non-hydrogen) atoms. The van der Waals surface area contributed by atoms with E-state index >= 15 is 0 Å². The lowest BCUT2D eigenvalue weighted by molar-refractivity contribution is 0.0983. The van der Waals surface area contributed by atoms with E-state index in [1.165, 1.54) is 32.1 Å². The van der Waals surface area contributed by atoms with Gasteiger partial charge in [-0.1, -0.05) is 20.3 Å². The smallest absolute Gasteiger partial charge is 0.0576 e. The summed E-state index contributed by atoms with van der Waals surface area (Å²) < 4.78 is 5.67. The molecular weight excluding hydrogens is 210 g/mol. The largest absolute Gasteiger partial charge is 0.378 e. The third-order valence-corrected chi connectivity index (χ3v) is 3.50. The van der Waals surface area contributed by atoms with Crippen LogP contribution in [0, 0.1) is 5.41 Å². The van der Waals surface area contributed by atoms with Crippen LogP contribution in [0.25, 0.3) is 0 Å². The molecule has 1 heterocycles. The Morgan fingerprint density at radius 2 is 1.88 bits per heavy atom. The normalized spacial score (nSPS) is 22.1. The molecule has 1 N–H and O–H groups in total. The van der Waals surface area contributed by atoms with E-state index in [2.05, 4.69) is 39.9 Å². The quantitative estimate of drug-likeness (QED) is 0.764. The van der Waals surface area contributed by atoms with Crippen LogP contribution in [0.4, 0.5) is 0 Å². The number of hydrogen-bond donors (Lipinski definition) is 1. The Balaban J connectivity index is 2.14. The van der Waals surface area contributed by atoms with Crippen LogP contribution < -0.4 is 5.32 Å². The first kappa shape index (κ1) is 15.0. The number of nitrogens with one attached hydrogen (secondary N) is 1. The third kappa shape index (κ3) is 7.05. The second kappa shape index (κ2) is 6.19. The molecule has 0 spiro atoms. The lowest BCUT2D eigenvalue weighted by Crippen LogP contribution is -2.42. The summed E-state index contributed by atoms with van der Waals surface area (Å²) in [6, 6.07) is 0. The van der Waals surface area contributed by atoms with Gasteiger partial charge < -0.3 is 10.1 Å². The molecule has 0 aromatic heterocycles. The van der Waals surface area contributed by atoms with Crippen molar-refractivity contribution in [1.82, 2.24) is 5.32 Å². The zero-order valence-corrected chi connectivity index (χ0v) is 12.4. The summed E-state index contributed by atoms with van der Waals surface area (Å²) >= 11 is 0. The second-order valence-corrected chi connectivity index (χ2v) is 7.30. The van der Waals surface area contributed by atoms with Gasteiger partial charge in [0, 0.05) is 18.7 Å². The van der Waals surface area contributed by atoms with Gasteiger partial charge in [-0.25, -0.2) is 0 Å². The molecule has 0 radical (unpaired) electrons. The molecule has 2 nitrogen and oxygen atoms in total. The molecule has 0 saturated carbocycles. The van der Waals surface area contributed by atoms with Crippen molar-refractivity contribution in [3.05, 3.63) is 0 Å². The lowest BCUT2D eigenvalue weighted by Gasteiger charge is -2.30. The molecular formula is C15H31NO. The molecule has 0 aromatic carbocycles. The molecule has 1 unspecified atom stereocenters. The Labute approximate surface area is 108 Å². The predicted molar refractivity (Wildman–Crippen MR) is 74.4 cm³/mol. The monoisotopic (exact) mass is 241 g/mol. The van der Waals surface area contributed by atoms with Crippen LogP contribution in [0.1, 0.15) is 66.7 Å². The van der Waals surface area contributed by atoms with Crippen molar-refractivity contribution in [2.45, 2.75) is 78.4 Å². The molecule has 1 atom stereocenters. The molecule has 0 aromatic rings. The molecule has 1 aliphatic heterocycles. The molecule has 0 amide bonds. The first-order chi connectivity index (χ1) is 7.79. The van der Waals surface area contributed by atoms with Crippen LogP contribution in [0.15, 0.2) is 0 Å². The minimum absolute atomic E-state index is 0.228. The van der Waals surface area contributed by atoms with Crippen molar-refractivity contribution in [1.29, 1.82) is 0 Å². The maximum atomic E-state index is 5.67. The Morgan fingerprint density at radius 3 is 2.41 bits per heavy atom. The van der Waals surface area contributed by atoms with Crippen LogP contribution in [-0.2, 0) is 4.74 Å². The van der Waals surface area contributed by atoms with Gasteiger partial charge in [-0.05, 0) is 51.9 Å². The van der Waals surface area contributed by atoms with Gasteiger partial charge >= 0.3 is 0 Å². The van der Waals surface area contributed by atoms with Crippen molar-refractivity contribution >= 4 is 0 Å². The van der Waals surface area contributed by atoms with Crippen LogP contribution in [-0.4, -0.2) is 24.8 Å². The lowest BCUT2D eigenvalue weighted by atomic mass is 9.85. The van der Waals surface area contributed by atoms with Crippen LogP contribution in [0.2, 0.25) is 0 Å². The highest BCUT2D eigenvalue weighted by atomic mass is 16.5. The fraction of sp³-hybridized carbons (Fsp3) is 1.00. The average molecular weight is 241 g/mol. The van der Waals surface area contributed by atoms with E-state index in [1.807, 2.05) is 0 Å². The zero-order valence-electron chi connectivity index (χ0n) is 12.4. The van der Waals surface area contributed by atoms with E-state index in [0.29, 0.717) is 11.5 Å². The van der Waals surface area contributed by atoms with Gasteiger partial charge in [-0.2, -0.15) is 0 Å². The van der Waals surface area contributed by atoms with Crippen LogP contribution in [0.3, 0.4) is 0 Å². The third-order valence-electron chi connectivity index (χ3n) is 3.50. The van der Waals surface area contributed by atoms with E-state index in [-0.39, 0.29) is 5.54 Å². The maximum absolute atomic E-state index is 5.67. The summed E-state index contributed by atoms with van der Waals surface area (Å²) in [5.41, 5.74) is 0.623. The van der Waals surface area contributed by atoms with Gasteiger partial charge in [0.25, 0.3) is 0 Å². The Hall–Kier alpha value is -0.0800. The van der Waals surface area contributed by atoms with Gasteiger partial charge in [-0.3, -0.25) is 0 Å². The standard InChI is InChI=1S/C15H31NO/c1-14(2,3)16-12-15(4,5)10-6-8-13-9-7-11-17-13/h13,16H,6-12H2,1-5H3. The Kier molecular flexibility index (Phi) is 5.46. The summed E-state index contributed by atoms with van der Waals surface area (Å²) in [7, 11) is 0. The van der Waals surface area contributed by atoms with Gasteiger partial charge in [0.15, 0.2) is 0 Å². The van der Waals surface area contributed by atoms with Crippen molar-refractivity contribution in [3.8, 4) is 0 Å². The van der Waals surface area contributed by atoms with Gasteiger partial charge in [-0.15, -0.1) is 0 Å². The predicted octanol–water partition coefficient (Wildman–Crippen LogP) is 3.75. The summed E-state index contributed by atoms with van der Waals surface area (Å²) in [5.74, 6) is 0. The molecule has 2 heteroatoms. The van der Waals surface area contributed by atoms with Crippen molar-refractivity contribution in [2.24, 2.45) is 5.41 Å². The average Bonchev–Trinajstić information content (AvgIpc) is 2.67. The Bertz CT molecular complexity index is 211. The van der Waals surface area contributed by atoms with E-state index in [0.717, 1.165) is 13.2 Å². The van der Waals surface area contributed by atoms with Gasteiger partial charge in [0.05, 0.1) is 6.10 Å². The molecule has 1 saturated heterocycles. The molecule has 0 bridgehead atoms. The number of ether oxygens (including phenoxy) is 1. The van der Waals surface area contributed by atoms with E-state index < -0.39 is 0 Å². The molecule has 102 valence electrons. The van der Waals surface area contributed by atoms with E-state index in [1.54, 1.807) is 0 Å². The highest BCUT2D eigenvalue weighted by molar-refractivity contribution is 4.78. The molecule has 1 aliphatic rings. The minimum Gasteiger partial charge on any atom is -0.378 e. The summed E-state index contributed by atoms with van der Waals surface area (Å²) in [5, 5.41) is 3.61. The molecule has 1 rings (SSSR count). The molecule has 1 fully saturated rings.